The molecule has 0 bridgehead atoms. The standard InChI is InChI=1S/C22H29ClN2O4S/c1-16(25(30(5,27)28)19-8-6-7-18(23)15-19)21(26)24-13-14-29-20-11-9-17(10-12-20)22(2,3)4/h6-12,15-16H,13-14H2,1-5H3,(H,24,26)/t16-/m0/s1. The van der Waals surface area contributed by atoms with E-state index in [9.17, 15) is 13.2 Å². The van der Waals surface area contributed by atoms with Crippen molar-refractivity contribution in [1.82, 2.24) is 5.32 Å². The molecule has 1 N–H and O–H groups in total. The van der Waals surface area contributed by atoms with Crippen LogP contribution in [0, 0.1) is 0 Å². The average Bonchev–Trinajstić information content (AvgIpc) is 2.63. The minimum atomic E-state index is -3.69. The number of nitrogens with one attached hydrogen (secondary N) is 1. The number of anilines is 1. The van der Waals surface area contributed by atoms with Gasteiger partial charge in [-0.25, -0.2) is 8.42 Å². The maximum absolute atomic E-state index is 12.5. The van der Waals surface area contributed by atoms with Gasteiger partial charge in [-0.15, -0.1) is 0 Å². The Morgan fingerprint density at radius 3 is 2.33 bits per heavy atom. The summed E-state index contributed by atoms with van der Waals surface area (Å²) in [6.45, 7) is 8.47. The molecule has 2 aromatic rings. The van der Waals surface area contributed by atoms with Crippen LogP contribution in [-0.4, -0.2) is 39.8 Å². The highest BCUT2D eigenvalue weighted by Crippen LogP contribution is 2.25. The molecule has 0 saturated heterocycles. The Morgan fingerprint density at radius 2 is 1.80 bits per heavy atom. The molecule has 30 heavy (non-hydrogen) atoms. The van der Waals surface area contributed by atoms with E-state index in [2.05, 4.69) is 26.1 Å². The monoisotopic (exact) mass is 452 g/mol. The molecule has 0 aliphatic carbocycles. The van der Waals surface area contributed by atoms with Gasteiger partial charge in [0, 0.05) is 5.02 Å². The van der Waals surface area contributed by atoms with Crippen molar-refractivity contribution in [2.75, 3.05) is 23.7 Å². The van der Waals surface area contributed by atoms with Crippen LogP contribution < -0.4 is 14.4 Å². The second-order valence-corrected chi connectivity index (χ2v) is 10.4. The van der Waals surface area contributed by atoms with Crippen molar-refractivity contribution in [3.8, 4) is 5.75 Å². The summed E-state index contributed by atoms with van der Waals surface area (Å²) in [5.74, 6) is 0.286. The molecular formula is C22H29ClN2O4S. The van der Waals surface area contributed by atoms with Crippen LogP contribution in [0.4, 0.5) is 5.69 Å². The number of nitrogens with zero attached hydrogens (tertiary/aromatic N) is 1. The second kappa shape index (κ2) is 9.71. The predicted molar refractivity (Wildman–Crippen MR) is 122 cm³/mol. The molecule has 164 valence electrons. The number of halogens is 1. The van der Waals surface area contributed by atoms with Gasteiger partial charge in [0.25, 0.3) is 0 Å². The Kier molecular flexibility index (Phi) is 7.77. The Labute approximate surface area is 184 Å². The number of rotatable bonds is 8. The summed E-state index contributed by atoms with van der Waals surface area (Å²) in [6, 6.07) is 13.3. The van der Waals surface area contributed by atoms with Crippen LogP contribution in [0.3, 0.4) is 0 Å². The van der Waals surface area contributed by atoms with Gasteiger partial charge in [-0.3, -0.25) is 9.10 Å². The molecule has 6 nitrogen and oxygen atoms in total. The smallest absolute Gasteiger partial charge is 0.243 e. The van der Waals surface area contributed by atoms with E-state index in [4.69, 9.17) is 16.3 Å². The number of hydrogen-bond donors (Lipinski definition) is 1. The van der Waals surface area contributed by atoms with E-state index in [1.807, 2.05) is 24.3 Å². The first kappa shape index (κ1) is 24.0. The molecule has 0 aromatic heterocycles. The molecule has 0 spiro atoms. The fraction of sp³-hybridized carbons (Fsp3) is 0.409. The Balaban J connectivity index is 1.94. The maximum atomic E-state index is 12.5. The number of sulfonamides is 1. The van der Waals surface area contributed by atoms with E-state index in [1.165, 1.54) is 18.6 Å². The van der Waals surface area contributed by atoms with Crippen LogP contribution >= 0.6 is 11.6 Å². The molecule has 0 fully saturated rings. The molecule has 0 aliphatic rings. The average molecular weight is 453 g/mol. The lowest BCUT2D eigenvalue weighted by Gasteiger charge is -2.28. The lowest BCUT2D eigenvalue weighted by atomic mass is 9.87. The van der Waals surface area contributed by atoms with Gasteiger partial charge in [0.2, 0.25) is 15.9 Å². The summed E-state index contributed by atoms with van der Waals surface area (Å²) < 4.78 is 31.3. The van der Waals surface area contributed by atoms with Crippen molar-refractivity contribution in [2.24, 2.45) is 0 Å². The summed E-state index contributed by atoms with van der Waals surface area (Å²) in [4.78, 5) is 12.5. The molecule has 2 rings (SSSR count). The molecule has 1 atom stereocenters. The van der Waals surface area contributed by atoms with Crippen molar-refractivity contribution in [3.05, 3.63) is 59.1 Å². The minimum absolute atomic E-state index is 0.0666. The molecule has 0 unspecified atom stereocenters. The molecule has 2 aromatic carbocycles. The van der Waals surface area contributed by atoms with Crippen molar-refractivity contribution in [1.29, 1.82) is 0 Å². The van der Waals surface area contributed by atoms with Gasteiger partial charge in [-0.2, -0.15) is 0 Å². The van der Waals surface area contributed by atoms with E-state index in [0.29, 0.717) is 16.5 Å². The van der Waals surface area contributed by atoms with Crippen LogP contribution in [0.1, 0.15) is 33.3 Å². The zero-order chi connectivity index (χ0) is 22.5. The molecule has 0 aliphatic heterocycles. The number of benzene rings is 2. The fourth-order valence-electron chi connectivity index (χ4n) is 2.96. The van der Waals surface area contributed by atoms with Crippen LogP contribution in [-0.2, 0) is 20.2 Å². The van der Waals surface area contributed by atoms with Gasteiger partial charge >= 0.3 is 0 Å². The fourth-order valence-corrected chi connectivity index (χ4v) is 4.32. The maximum Gasteiger partial charge on any atom is 0.243 e. The van der Waals surface area contributed by atoms with E-state index in [-0.39, 0.29) is 18.6 Å². The van der Waals surface area contributed by atoms with Gasteiger partial charge in [0.05, 0.1) is 18.5 Å². The van der Waals surface area contributed by atoms with Crippen LogP contribution in [0.5, 0.6) is 5.75 Å². The summed E-state index contributed by atoms with van der Waals surface area (Å²) in [5, 5.41) is 3.11. The second-order valence-electron chi connectivity index (χ2n) is 8.13. The van der Waals surface area contributed by atoms with Gasteiger partial charge in [0.15, 0.2) is 0 Å². The van der Waals surface area contributed by atoms with Gasteiger partial charge in [-0.05, 0) is 48.2 Å². The van der Waals surface area contributed by atoms with E-state index >= 15 is 0 Å². The first-order valence-corrected chi connectivity index (χ1v) is 11.9. The summed E-state index contributed by atoms with van der Waals surface area (Å²) in [7, 11) is -3.69. The van der Waals surface area contributed by atoms with Crippen LogP contribution in [0.25, 0.3) is 0 Å². The summed E-state index contributed by atoms with van der Waals surface area (Å²) >= 11 is 5.98. The molecule has 1 amide bonds. The number of carbonyl (C=O) groups excluding carboxylic acids is 1. The first-order valence-electron chi connectivity index (χ1n) is 9.65. The normalized spacial score (nSPS) is 12.9. The highest BCUT2D eigenvalue weighted by atomic mass is 35.5. The third-order valence-electron chi connectivity index (χ3n) is 4.54. The van der Waals surface area contributed by atoms with E-state index in [0.717, 1.165) is 10.6 Å². The van der Waals surface area contributed by atoms with Crippen molar-refractivity contribution < 1.29 is 17.9 Å². The largest absolute Gasteiger partial charge is 0.492 e. The summed E-state index contributed by atoms with van der Waals surface area (Å²) in [6.07, 6.45) is 1.06. The Morgan fingerprint density at radius 1 is 1.17 bits per heavy atom. The quantitative estimate of drug-likeness (QED) is 0.614. The molecule has 0 heterocycles. The third-order valence-corrected chi connectivity index (χ3v) is 6.02. The van der Waals surface area contributed by atoms with Crippen molar-refractivity contribution >= 4 is 33.2 Å². The van der Waals surface area contributed by atoms with Crippen molar-refractivity contribution in [3.63, 3.8) is 0 Å². The first-order chi connectivity index (χ1) is 13.9. The highest BCUT2D eigenvalue weighted by Gasteiger charge is 2.29. The number of carbonyl (C=O) groups is 1. The zero-order valence-corrected chi connectivity index (χ0v) is 19.5. The molecule has 8 heteroatoms. The number of hydrogen-bond acceptors (Lipinski definition) is 4. The van der Waals surface area contributed by atoms with Crippen LogP contribution in [0.15, 0.2) is 48.5 Å². The van der Waals surface area contributed by atoms with E-state index in [1.54, 1.807) is 18.2 Å². The number of ether oxygens (including phenoxy) is 1. The Bertz CT molecular complexity index is 969. The van der Waals surface area contributed by atoms with Gasteiger partial charge < -0.3 is 10.1 Å². The predicted octanol–water partition coefficient (Wildman–Crippen LogP) is 3.99. The molecule has 0 saturated carbocycles. The molecular weight excluding hydrogens is 424 g/mol. The Hall–Kier alpha value is -2.25. The SMILES string of the molecule is C[C@@H](C(=O)NCCOc1ccc(C(C)(C)C)cc1)N(c1cccc(Cl)c1)S(C)(=O)=O. The van der Waals surface area contributed by atoms with E-state index < -0.39 is 22.0 Å². The van der Waals surface area contributed by atoms with Crippen LogP contribution in [0.2, 0.25) is 5.02 Å². The zero-order valence-electron chi connectivity index (χ0n) is 18.0. The molecule has 0 radical (unpaired) electrons. The topological polar surface area (TPSA) is 75.7 Å². The lowest BCUT2D eigenvalue weighted by molar-refractivity contribution is -0.121. The lowest BCUT2D eigenvalue weighted by Crippen LogP contribution is -2.48. The highest BCUT2D eigenvalue weighted by molar-refractivity contribution is 7.92. The van der Waals surface area contributed by atoms with Gasteiger partial charge in [-0.1, -0.05) is 50.6 Å². The van der Waals surface area contributed by atoms with Crippen molar-refractivity contribution in [2.45, 2.75) is 39.2 Å². The number of amides is 1. The minimum Gasteiger partial charge on any atom is -0.492 e. The van der Waals surface area contributed by atoms with Gasteiger partial charge in [0.1, 0.15) is 18.4 Å². The summed E-state index contributed by atoms with van der Waals surface area (Å²) in [5.41, 5.74) is 1.61. The third kappa shape index (κ3) is 6.64.